The van der Waals surface area contributed by atoms with Crippen LogP contribution < -0.4 is 5.32 Å². The van der Waals surface area contributed by atoms with Crippen molar-refractivity contribution in [2.45, 2.75) is 19.9 Å². The molecule has 0 bridgehead atoms. The Balaban J connectivity index is 2.13. The number of rotatable bonds is 5. The van der Waals surface area contributed by atoms with Gasteiger partial charge in [-0.1, -0.05) is 0 Å². The van der Waals surface area contributed by atoms with Crippen molar-refractivity contribution in [3.63, 3.8) is 0 Å². The molecule has 0 aliphatic carbocycles. The molecule has 0 spiro atoms. The molecule has 0 unspecified atom stereocenters. The largest absolute Gasteiger partial charge is 0.321 e. The first-order valence-electron chi connectivity index (χ1n) is 6.63. The van der Waals surface area contributed by atoms with Crippen molar-refractivity contribution < 1.29 is 31.7 Å². The molecule has 2 rings (SSSR count). The van der Waals surface area contributed by atoms with Crippen molar-refractivity contribution in [3.05, 3.63) is 51.1 Å². The van der Waals surface area contributed by atoms with E-state index in [1.807, 2.05) is 0 Å². The summed E-state index contributed by atoms with van der Waals surface area (Å²) in [5.74, 6) is -12.1. The molecule has 134 valence electrons. The fourth-order valence-electron chi connectivity index (χ4n) is 1.97. The third kappa shape index (κ3) is 3.41. The third-order valence-corrected chi connectivity index (χ3v) is 3.30. The van der Waals surface area contributed by atoms with Gasteiger partial charge in [0.25, 0.3) is 0 Å². The van der Waals surface area contributed by atoms with Crippen LogP contribution in [0, 0.1) is 46.1 Å². The number of aryl methyl sites for hydroxylation is 1. The van der Waals surface area contributed by atoms with Gasteiger partial charge in [0.1, 0.15) is 17.6 Å². The summed E-state index contributed by atoms with van der Waals surface area (Å²) in [5.41, 5.74) is -1.63. The monoisotopic (exact) mass is 364 g/mol. The fraction of sp³-hybridized carbons (Fsp3) is 0.231. The van der Waals surface area contributed by atoms with Gasteiger partial charge in [-0.2, -0.15) is 5.10 Å². The molecule has 1 amide bonds. The van der Waals surface area contributed by atoms with Crippen molar-refractivity contribution in [2.75, 3.05) is 5.32 Å². The highest BCUT2D eigenvalue weighted by Gasteiger charge is 2.27. The lowest BCUT2D eigenvalue weighted by atomic mass is 10.2. The van der Waals surface area contributed by atoms with E-state index in [1.54, 1.807) is 5.32 Å². The van der Waals surface area contributed by atoms with Gasteiger partial charge in [0, 0.05) is 6.42 Å². The molecule has 2 aromatic rings. The summed E-state index contributed by atoms with van der Waals surface area (Å²) in [5, 5.41) is 15.9. The molecule has 1 aromatic heterocycles. The number of benzene rings is 1. The lowest BCUT2D eigenvalue weighted by Crippen LogP contribution is -2.19. The highest BCUT2D eigenvalue weighted by atomic mass is 19.2. The smallest absolute Gasteiger partial charge is 0.309 e. The van der Waals surface area contributed by atoms with Crippen molar-refractivity contribution in [1.82, 2.24) is 9.78 Å². The van der Waals surface area contributed by atoms with Crippen molar-refractivity contribution in [3.8, 4) is 0 Å². The minimum Gasteiger partial charge on any atom is -0.321 e. The Morgan fingerprint density at radius 3 is 2.16 bits per heavy atom. The van der Waals surface area contributed by atoms with Crippen LogP contribution in [0.4, 0.5) is 33.3 Å². The zero-order valence-corrected chi connectivity index (χ0v) is 12.4. The predicted octanol–water partition coefficient (Wildman–Crippen LogP) is 2.82. The lowest BCUT2D eigenvalue weighted by Gasteiger charge is -2.10. The number of hydrogen-bond acceptors (Lipinski definition) is 4. The zero-order chi connectivity index (χ0) is 18.9. The number of nitro groups is 1. The van der Waals surface area contributed by atoms with E-state index in [9.17, 15) is 36.9 Å². The highest BCUT2D eigenvalue weighted by molar-refractivity contribution is 5.91. The van der Waals surface area contributed by atoms with E-state index in [0.29, 0.717) is 0 Å². The molecular weight excluding hydrogens is 355 g/mol. The van der Waals surface area contributed by atoms with E-state index in [4.69, 9.17) is 0 Å². The van der Waals surface area contributed by atoms with Crippen LogP contribution in [-0.4, -0.2) is 20.6 Å². The van der Waals surface area contributed by atoms with E-state index >= 15 is 0 Å². The standard InChI is InChI=1S/C13H9F5N4O3/c1-5-6(22(24)25)4-19-21(5)3-2-7(23)20-13-11(17)9(15)8(14)10(16)12(13)18/h4H,2-3H2,1H3,(H,20,23). The quantitative estimate of drug-likeness (QED) is 0.290. The molecule has 0 radical (unpaired) electrons. The second-order valence-corrected chi connectivity index (χ2v) is 4.84. The molecule has 0 aliphatic heterocycles. The summed E-state index contributed by atoms with van der Waals surface area (Å²) in [6.45, 7) is 1.16. The predicted molar refractivity (Wildman–Crippen MR) is 73.1 cm³/mol. The molecule has 12 heteroatoms. The number of amides is 1. The Bertz CT molecular complexity index is 839. The van der Waals surface area contributed by atoms with Gasteiger partial charge in [-0.15, -0.1) is 0 Å². The van der Waals surface area contributed by atoms with Crippen LogP contribution in [0.5, 0.6) is 0 Å². The molecule has 1 aromatic carbocycles. The topological polar surface area (TPSA) is 90.1 Å². The van der Waals surface area contributed by atoms with E-state index in [-0.39, 0.29) is 17.9 Å². The number of halogens is 5. The first kappa shape index (κ1) is 18.3. The van der Waals surface area contributed by atoms with Crippen molar-refractivity contribution in [2.24, 2.45) is 0 Å². The maximum Gasteiger partial charge on any atom is 0.309 e. The molecular formula is C13H9F5N4O3. The summed E-state index contributed by atoms with van der Waals surface area (Å²) in [6.07, 6.45) is 0.483. The number of aromatic nitrogens is 2. The van der Waals surface area contributed by atoms with Gasteiger partial charge < -0.3 is 5.32 Å². The fourth-order valence-corrected chi connectivity index (χ4v) is 1.97. The second-order valence-electron chi connectivity index (χ2n) is 4.84. The van der Waals surface area contributed by atoms with Crippen LogP contribution in [0.25, 0.3) is 0 Å². The van der Waals surface area contributed by atoms with Gasteiger partial charge >= 0.3 is 5.69 Å². The summed E-state index contributed by atoms with van der Waals surface area (Å²) in [7, 11) is 0. The summed E-state index contributed by atoms with van der Waals surface area (Å²) < 4.78 is 67.0. The van der Waals surface area contributed by atoms with Crippen LogP contribution in [0.3, 0.4) is 0 Å². The number of nitrogens with zero attached hydrogens (tertiary/aromatic N) is 3. The van der Waals surface area contributed by atoms with Gasteiger partial charge in [-0.3, -0.25) is 19.6 Å². The number of carbonyl (C=O) groups excluding carboxylic acids is 1. The number of carbonyl (C=O) groups is 1. The van der Waals surface area contributed by atoms with E-state index in [1.165, 1.54) is 6.92 Å². The Morgan fingerprint density at radius 2 is 1.68 bits per heavy atom. The van der Waals surface area contributed by atoms with Crippen molar-refractivity contribution >= 4 is 17.3 Å². The number of nitrogens with one attached hydrogen (secondary N) is 1. The highest BCUT2D eigenvalue weighted by Crippen LogP contribution is 2.27. The van der Waals surface area contributed by atoms with Gasteiger partial charge in [0.2, 0.25) is 11.7 Å². The normalized spacial score (nSPS) is 10.8. The first-order valence-corrected chi connectivity index (χ1v) is 6.63. The summed E-state index contributed by atoms with van der Waals surface area (Å²) >= 11 is 0. The van der Waals surface area contributed by atoms with Gasteiger partial charge in [0.05, 0.1) is 11.5 Å². The zero-order valence-electron chi connectivity index (χ0n) is 12.4. The van der Waals surface area contributed by atoms with E-state index < -0.39 is 52.0 Å². The van der Waals surface area contributed by atoms with Crippen LogP contribution in [0.15, 0.2) is 6.20 Å². The first-order chi connectivity index (χ1) is 11.6. The molecule has 0 saturated carbocycles. The lowest BCUT2D eigenvalue weighted by molar-refractivity contribution is -0.385. The minimum atomic E-state index is -2.34. The van der Waals surface area contributed by atoms with Crippen molar-refractivity contribution in [1.29, 1.82) is 0 Å². The second kappa shape index (κ2) is 6.83. The van der Waals surface area contributed by atoms with Crippen LogP contribution in [-0.2, 0) is 11.3 Å². The van der Waals surface area contributed by atoms with Crippen LogP contribution >= 0.6 is 0 Å². The average molecular weight is 364 g/mol. The van der Waals surface area contributed by atoms with E-state index in [2.05, 4.69) is 5.10 Å². The van der Waals surface area contributed by atoms with Gasteiger partial charge in [0.15, 0.2) is 23.3 Å². The summed E-state index contributed by atoms with van der Waals surface area (Å²) in [4.78, 5) is 21.7. The Hall–Kier alpha value is -3.05. The molecule has 0 aliphatic rings. The Labute approximate surface area is 136 Å². The number of anilines is 1. The summed E-state index contributed by atoms with van der Waals surface area (Å²) in [6, 6.07) is 0. The Kier molecular flexibility index (Phi) is 4.99. The maximum atomic E-state index is 13.5. The maximum absolute atomic E-state index is 13.5. The molecule has 1 N–H and O–H groups in total. The third-order valence-electron chi connectivity index (χ3n) is 3.30. The van der Waals surface area contributed by atoms with E-state index in [0.717, 1.165) is 10.9 Å². The number of hydrogen-bond donors (Lipinski definition) is 1. The SMILES string of the molecule is Cc1c([N+](=O)[O-])cnn1CCC(=O)Nc1c(F)c(F)c(F)c(F)c1F. The molecule has 0 fully saturated rings. The molecule has 7 nitrogen and oxygen atoms in total. The van der Waals surface area contributed by atoms with Gasteiger partial charge in [-0.25, -0.2) is 22.0 Å². The average Bonchev–Trinajstić information content (AvgIpc) is 2.94. The molecule has 0 atom stereocenters. The van der Waals surface area contributed by atoms with Gasteiger partial charge in [-0.05, 0) is 6.92 Å². The van der Waals surface area contributed by atoms with Crippen LogP contribution in [0.2, 0.25) is 0 Å². The molecule has 25 heavy (non-hydrogen) atoms. The molecule has 0 saturated heterocycles. The Morgan fingerprint density at radius 1 is 1.16 bits per heavy atom. The molecule has 1 heterocycles. The minimum absolute atomic E-state index is 0.133. The van der Waals surface area contributed by atoms with Crippen LogP contribution in [0.1, 0.15) is 12.1 Å².